The SMILES string of the molecule is c1ccc(-c2ccc3oc4cccc(-c5nc(-c6ccc(-c7cccc8c7oc7c(-c9ccccc9-c9ccccc9)cccc78)cc6)nc6cccc[n+]56)c4c3c2)cc1. The molecule has 5 heteroatoms. The Morgan fingerprint density at radius 1 is 0.350 bits per heavy atom. The Bertz CT molecular complexity index is 3590. The fourth-order valence-corrected chi connectivity index (χ4v) is 8.78. The van der Waals surface area contributed by atoms with E-state index in [1.807, 2.05) is 42.6 Å². The monoisotopic (exact) mass is 768 g/mol. The van der Waals surface area contributed by atoms with Crippen LogP contribution in [-0.2, 0) is 0 Å². The molecule has 12 rings (SSSR count). The molecule has 5 nitrogen and oxygen atoms in total. The van der Waals surface area contributed by atoms with Gasteiger partial charge in [-0.05, 0) is 75.8 Å². The Kier molecular flexibility index (Phi) is 7.78. The van der Waals surface area contributed by atoms with Gasteiger partial charge in [0, 0.05) is 38.7 Å². The van der Waals surface area contributed by atoms with Crippen LogP contribution in [0.5, 0.6) is 0 Å². The molecule has 0 unspecified atom stereocenters. The van der Waals surface area contributed by atoms with E-state index in [0.717, 1.165) is 99.9 Å². The first kappa shape index (κ1) is 33.9. The van der Waals surface area contributed by atoms with E-state index in [-0.39, 0.29) is 0 Å². The third-order valence-electron chi connectivity index (χ3n) is 11.6. The summed E-state index contributed by atoms with van der Waals surface area (Å²) in [5.74, 6) is 1.43. The number of aromatic nitrogens is 3. The van der Waals surface area contributed by atoms with Crippen LogP contribution in [0.15, 0.2) is 215 Å². The lowest BCUT2D eigenvalue weighted by Crippen LogP contribution is -2.27. The largest absolute Gasteiger partial charge is 0.456 e. The number of fused-ring (bicyclic) bond motifs is 7. The van der Waals surface area contributed by atoms with E-state index in [9.17, 15) is 0 Å². The molecule has 12 aromatic rings. The molecule has 0 aliphatic heterocycles. The van der Waals surface area contributed by atoms with Crippen LogP contribution in [0.2, 0.25) is 0 Å². The van der Waals surface area contributed by atoms with Gasteiger partial charge in [-0.2, -0.15) is 4.40 Å². The van der Waals surface area contributed by atoms with Crippen molar-refractivity contribution in [2.24, 2.45) is 0 Å². The molecule has 60 heavy (non-hydrogen) atoms. The molecule has 4 heterocycles. The molecule has 0 bridgehead atoms. The highest BCUT2D eigenvalue weighted by Gasteiger charge is 2.24. The summed E-state index contributed by atoms with van der Waals surface area (Å²) in [6, 6.07) is 69.5. The Morgan fingerprint density at radius 3 is 1.75 bits per heavy atom. The Hall–Kier alpha value is -8.15. The normalized spacial score (nSPS) is 11.7. The topological polar surface area (TPSA) is 56.2 Å². The van der Waals surface area contributed by atoms with Crippen LogP contribution in [0.25, 0.3) is 117 Å². The third-order valence-corrected chi connectivity index (χ3v) is 11.6. The number of benzene rings is 8. The van der Waals surface area contributed by atoms with Crippen molar-refractivity contribution in [2.45, 2.75) is 0 Å². The summed E-state index contributed by atoms with van der Waals surface area (Å²) in [7, 11) is 0. The van der Waals surface area contributed by atoms with Gasteiger partial charge in [0.25, 0.3) is 11.5 Å². The van der Waals surface area contributed by atoms with Crippen LogP contribution >= 0.6 is 0 Å². The average molecular weight is 769 g/mol. The van der Waals surface area contributed by atoms with Gasteiger partial charge < -0.3 is 8.83 Å². The van der Waals surface area contributed by atoms with E-state index in [1.54, 1.807) is 0 Å². The highest BCUT2D eigenvalue weighted by molar-refractivity contribution is 6.14. The highest BCUT2D eigenvalue weighted by atomic mass is 16.3. The average Bonchev–Trinajstić information content (AvgIpc) is 3.90. The van der Waals surface area contributed by atoms with E-state index in [2.05, 4.69) is 168 Å². The van der Waals surface area contributed by atoms with Crippen molar-refractivity contribution in [3.8, 4) is 67.3 Å². The fourth-order valence-electron chi connectivity index (χ4n) is 8.78. The Morgan fingerprint density at radius 2 is 0.950 bits per heavy atom. The van der Waals surface area contributed by atoms with Crippen molar-refractivity contribution in [3.05, 3.63) is 206 Å². The molecule has 8 aromatic carbocycles. The number of para-hydroxylation sites is 2. The molecule has 0 saturated carbocycles. The number of nitrogens with zero attached hydrogens (tertiary/aromatic N) is 3. The summed E-state index contributed by atoms with van der Waals surface area (Å²) in [4.78, 5) is 10.4. The van der Waals surface area contributed by atoms with Gasteiger partial charge in [-0.1, -0.05) is 162 Å². The quantitative estimate of drug-likeness (QED) is 0.158. The number of furan rings is 2. The second kappa shape index (κ2) is 13.8. The summed E-state index contributed by atoms with van der Waals surface area (Å²) < 4.78 is 15.4. The number of pyridine rings is 1. The van der Waals surface area contributed by atoms with Crippen molar-refractivity contribution in [1.29, 1.82) is 0 Å². The smallest absolute Gasteiger partial charge is 0.308 e. The van der Waals surface area contributed by atoms with Crippen molar-refractivity contribution in [3.63, 3.8) is 0 Å². The maximum atomic E-state index is 6.90. The number of hydrogen-bond donors (Lipinski definition) is 0. The van der Waals surface area contributed by atoms with Crippen molar-refractivity contribution in [2.75, 3.05) is 0 Å². The van der Waals surface area contributed by atoms with Crippen molar-refractivity contribution < 1.29 is 13.2 Å². The van der Waals surface area contributed by atoms with Gasteiger partial charge in [0.2, 0.25) is 0 Å². The molecule has 0 amide bonds. The lowest BCUT2D eigenvalue weighted by molar-refractivity contribution is -0.505. The first-order valence-corrected chi connectivity index (χ1v) is 20.1. The third kappa shape index (κ3) is 5.52. The van der Waals surface area contributed by atoms with Gasteiger partial charge in [0.1, 0.15) is 22.3 Å². The van der Waals surface area contributed by atoms with Gasteiger partial charge in [0.15, 0.2) is 0 Å². The zero-order valence-corrected chi connectivity index (χ0v) is 32.3. The standard InChI is InChI=1S/C55H34N3O2/c1-3-14-35(15-4-1)39-31-32-48-47(34-39)51-46(24-13-25-49(51)59-48)55-57-54(56-50-26-9-10-33-58(50)55)38-29-27-37(28-30-38)41-20-11-22-44-45-23-12-21-43(53(45)60-52(41)44)42-19-8-7-18-40(42)36-16-5-2-6-17-36/h1-34H/q+1. The zero-order chi connectivity index (χ0) is 39.6. The van der Waals surface area contributed by atoms with Crippen LogP contribution in [0, 0.1) is 0 Å². The first-order chi connectivity index (χ1) is 29.7. The number of hydrogen-bond acceptors (Lipinski definition) is 4. The second-order valence-corrected chi connectivity index (χ2v) is 15.1. The minimum Gasteiger partial charge on any atom is -0.456 e. The molecular formula is C55H34N3O2+. The van der Waals surface area contributed by atoms with Gasteiger partial charge in [-0.15, -0.1) is 0 Å². The molecule has 280 valence electrons. The molecule has 0 saturated heterocycles. The lowest BCUT2D eigenvalue weighted by Gasteiger charge is -2.10. The first-order valence-electron chi connectivity index (χ1n) is 20.1. The maximum absolute atomic E-state index is 6.90. The second-order valence-electron chi connectivity index (χ2n) is 15.1. The number of rotatable bonds is 6. The van der Waals surface area contributed by atoms with Crippen LogP contribution in [-0.4, -0.2) is 9.97 Å². The van der Waals surface area contributed by atoms with E-state index < -0.39 is 0 Å². The van der Waals surface area contributed by atoms with Crippen LogP contribution < -0.4 is 4.40 Å². The van der Waals surface area contributed by atoms with Gasteiger partial charge in [0.05, 0.1) is 17.3 Å². The predicted octanol–water partition coefficient (Wildman–Crippen LogP) is 14.0. The molecule has 0 radical (unpaired) electrons. The minimum absolute atomic E-state index is 0.640. The Labute approximate surface area is 345 Å². The summed E-state index contributed by atoms with van der Waals surface area (Å²) >= 11 is 0. The van der Waals surface area contributed by atoms with Crippen LogP contribution in [0.3, 0.4) is 0 Å². The van der Waals surface area contributed by atoms with Crippen LogP contribution in [0.1, 0.15) is 0 Å². The minimum atomic E-state index is 0.640. The van der Waals surface area contributed by atoms with Gasteiger partial charge in [-0.3, -0.25) is 0 Å². The highest BCUT2D eigenvalue weighted by Crippen LogP contribution is 2.43. The predicted molar refractivity (Wildman–Crippen MR) is 242 cm³/mol. The summed E-state index contributed by atoms with van der Waals surface area (Å²) in [6.07, 6.45) is 2.02. The summed E-state index contributed by atoms with van der Waals surface area (Å²) in [5.41, 5.74) is 15.0. The molecule has 0 aliphatic carbocycles. The van der Waals surface area contributed by atoms with Crippen molar-refractivity contribution >= 4 is 49.5 Å². The summed E-state index contributed by atoms with van der Waals surface area (Å²) in [6.45, 7) is 0. The van der Waals surface area contributed by atoms with E-state index in [0.29, 0.717) is 5.82 Å². The fraction of sp³-hybridized carbons (Fsp3) is 0. The van der Waals surface area contributed by atoms with E-state index in [4.69, 9.17) is 18.8 Å². The molecule has 0 aliphatic rings. The van der Waals surface area contributed by atoms with E-state index in [1.165, 1.54) is 11.1 Å². The molecule has 0 spiro atoms. The summed E-state index contributed by atoms with van der Waals surface area (Å²) in [5, 5.41) is 4.24. The maximum Gasteiger partial charge on any atom is 0.308 e. The molecule has 0 atom stereocenters. The zero-order valence-electron chi connectivity index (χ0n) is 32.3. The van der Waals surface area contributed by atoms with Crippen molar-refractivity contribution in [1.82, 2.24) is 9.97 Å². The van der Waals surface area contributed by atoms with Gasteiger partial charge in [-0.25, -0.2) is 0 Å². The molecule has 0 fully saturated rings. The van der Waals surface area contributed by atoms with Gasteiger partial charge >= 0.3 is 5.82 Å². The lowest BCUT2D eigenvalue weighted by atomic mass is 9.93. The van der Waals surface area contributed by atoms with E-state index >= 15 is 0 Å². The molecular weight excluding hydrogens is 735 g/mol. The van der Waals surface area contributed by atoms with Crippen LogP contribution in [0.4, 0.5) is 0 Å². The Balaban J connectivity index is 0.966. The molecule has 4 aromatic heterocycles. The molecule has 0 N–H and O–H groups in total.